The summed E-state index contributed by atoms with van der Waals surface area (Å²) in [6.45, 7) is 5.85. The van der Waals surface area contributed by atoms with E-state index in [9.17, 15) is 4.79 Å². The van der Waals surface area contributed by atoms with Crippen molar-refractivity contribution in [1.29, 1.82) is 0 Å². The van der Waals surface area contributed by atoms with Crippen molar-refractivity contribution in [2.45, 2.75) is 26.7 Å². The summed E-state index contributed by atoms with van der Waals surface area (Å²) in [6, 6.07) is 13.5. The number of piperidine rings is 1. The van der Waals surface area contributed by atoms with E-state index in [2.05, 4.69) is 18.3 Å². The number of rotatable bonds is 5. The lowest BCUT2D eigenvalue weighted by atomic mass is 9.99. The maximum atomic E-state index is 13.2. The molecule has 1 aliphatic rings. The lowest BCUT2D eigenvalue weighted by molar-refractivity contribution is 0.0691. The van der Waals surface area contributed by atoms with Crippen LogP contribution in [0.3, 0.4) is 0 Å². The molecule has 1 aliphatic heterocycles. The molecule has 0 unspecified atom stereocenters. The quantitative estimate of drug-likeness (QED) is 0.618. The normalized spacial score (nSPS) is 14.5. The van der Waals surface area contributed by atoms with Gasteiger partial charge in [0.05, 0.1) is 31.1 Å². The summed E-state index contributed by atoms with van der Waals surface area (Å²) in [5.74, 6) is 2.03. The molecular formula is C25H29N3O3. The zero-order chi connectivity index (χ0) is 22.0. The summed E-state index contributed by atoms with van der Waals surface area (Å²) >= 11 is 0. The molecule has 1 N–H and O–H groups in total. The Morgan fingerprint density at radius 3 is 2.52 bits per heavy atom. The van der Waals surface area contributed by atoms with Gasteiger partial charge in [0.15, 0.2) is 0 Å². The maximum Gasteiger partial charge on any atom is 0.272 e. The van der Waals surface area contributed by atoms with Crippen LogP contribution >= 0.6 is 0 Å². The number of benzene rings is 2. The average Bonchev–Trinajstić information content (AvgIpc) is 2.79. The highest BCUT2D eigenvalue weighted by molar-refractivity contribution is 6.01. The lowest BCUT2D eigenvalue weighted by Crippen LogP contribution is -2.38. The first-order valence-electron chi connectivity index (χ1n) is 10.7. The van der Waals surface area contributed by atoms with E-state index in [0.29, 0.717) is 23.1 Å². The summed E-state index contributed by atoms with van der Waals surface area (Å²) in [6.07, 6.45) is 2.07. The van der Waals surface area contributed by atoms with Crippen LogP contribution in [0, 0.1) is 12.8 Å². The zero-order valence-electron chi connectivity index (χ0n) is 18.6. The number of carbonyl (C=O) groups is 1. The Balaban J connectivity index is 1.75. The van der Waals surface area contributed by atoms with Gasteiger partial charge in [-0.05, 0) is 56.0 Å². The molecule has 1 aromatic heterocycles. The molecule has 0 spiro atoms. The molecule has 2 heterocycles. The number of nitrogens with zero attached hydrogens (tertiary/aromatic N) is 2. The van der Waals surface area contributed by atoms with Crippen molar-refractivity contribution in [3.8, 4) is 11.5 Å². The van der Waals surface area contributed by atoms with Crippen LogP contribution in [0.5, 0.6) is 11.5 Å². The van der Waals surface area contributed by atoms with Crippen LogP contribution in [0.15, 0.2) is 42.5 Å². The number of anilines is 2. The second-order valence-corrected chi connectivity index (χ2v) is 8.24. The number of hydrogen-bond donors (Lipinski definition) is 1. The predicted molar refractivity (Wildman–Crippen MR) is 124 cm³/mol. The van der Waals surface area contributed by atoms with Crippen LogP contribution in [0.1, 0.15) is 35.8 Å². The molecule has 0 bridgehead atoms. The number of carbonyl (C=O) groups excluding carboxylic acids is 1. The molecule has 1 amide bonds. The molecule has 2 aromatic carbocycles. The summed E-state index contributed by atoms with van der Waals surface area (Å²) in [4.78, 5) is 19.8. The van der Waals surface area contributed by atoms with Crippen molar-refractivity contribution in [2.24, 2.45) is 5.92 Å². The Kier molecular flexibility index (Phi) is 5.98. The second-order valence-electron chi connectivity index (χ2n) is 8.24. The third-order valence-electron chi connectivity index (χ3n) is 5.93. The van der Waals surface area contributed by atoms with Gasteiger partial charge in [0.1, 0.15) is 17.2 Å². The Hall–Kier alpha value is -3.28. The Morgan fingerprint density at radius 1 is 1.03 bits per heavy atom. The van der Waals surface area contributed by atoms with Crippen molar-refractivity contribution < 1.29 is 14.3 Å². The van der Waals surface area contributed by atoms with Gasteiger partial charge in [-0.1, -0.05) is 18.6 Å². The van der Waals surface area contributed by atoms with Gasteiger partial charge in [-0.2, -0.15) is 0 Å². The number of likely N-dealkylation sites (tertiary alicyclic amines) is 1. The van der Waals surface area contributed by atoms with E-state index in [1.54, 1.807) is 14.2 Å². The number of hydrogen-bond acceptors (Lipinski definition) is 5. The summed E-state index contributed by atoms with van der Waals surface area (Å²) in [5.41, 5.74) is 3.99. The third-order valence-corrected chi connectivity index (χ3v) is 5.93. The maximum absolute atomic E-state index is 13.2. The highest BCUT2D eigenvalue weighted by Gasteiger charge is 2.23. The first kappa shape index (κ1) is 21.0. The van der Waals surface area contributed by atoms with Crippen LogP contribution in [0.2, 0.25) is 0 Å². The first-order valence-corrected chi connectivity index (χ1v) is 10.7. The number of aryl methyl sites for hydroxylation is 1. The molecule has 1 saturated heterocycles. The fourth-order valence-electron chi connectivity index (χ4n) is 3.97. The Morgan fingerprint density at radius 2 is 1.81 bits per heavy atom. The first-order chi connectivity index (χ1) is 15.0. The van der Waals surface area contributed by atoms with Crippen LogP contribution in [-0.2, 0) is 0 Å². The Bertz CT molecular complexity index is 1100. The van der Waals surface area contributed by atoms with Gasteiger partial charge >= 0.3 is 0 Å². The largest absolute Gasteiger partial charge is 0.497 e. The predicted octanol–water partition coefficient (Wildman–Crippen LogP) is 5.18. The molecule has 6 nitrogen and oxygen atoms in total. The molecule has 3 aromatic rings. The molecule has 0 aliphatic carbocycles. The highest BCUT2D eigenvalue weighted by atomic mass is 16.5. The van der Waals surface area contributed by atoms with E-state index in [-0.39, 0.29) is 5.91 Å². The van der Waals surface area contributed by atoms with Gasteiger partial charge in [0, 0.05) is 24.5 Å². The van der Waals surface area contributed by atoms with Crippen molar-refractivity contribution in [1.82, 2.24) is 9.88 Å². The van der Waals surface area contributed by atoms with Crippen LogP contribution < -0.4 is 14.8 Å². The number of amides is 1. The molecule has 0 saturated carbocycles. The van der Waals surface area contributed by atoms with Gasteiger partial charge in [0.25, 0.3) is 5.91 Å². The van der Waals surface area contributed by atoms with Crippen molar-refractivity contribution in [3.63, 3.8) is 0 Å². The number of ether oxygens (including phenoxy) is 2. The minimum atomic E-state index is -0.0147. The van der Waals surface area contributed by atoms with Crippen molar-refractivity contribution in [3.05, 3.63) is 53.7 Å². The van der Waals surface area contributed by atoms with Gasteiger partial charge in [0.2, 0.25) is 0 Å². The molecule has 6 heteroatoms. The van der Waals surface area contributed by atoms with Crippen LogP contribution in [-0.4, -0.2) is 43.1 Å². The number of fused-ring (bicyclic) bond motifs is 1. The molecule has 4 rings (SSSR count). The van der Waals surface area contributed by atoms with Crippen LogP contribution in [0.25, 0.3) is 10.9 Å². The van der Waals surface area contributed by atoms with E-state index in [4.69, 9.17) is 14.5 Å². The summed E-state index contributed by atoms with van der Waals surface area (Å²) in [7, 11) is 3.25. The van der Waals surface area contributed by atoms with Crippen LogP contribution in [0.4, 0.5) is 11.4 Å². The Labute approximate surface area is 183 Å². The zero-order valence-corrected chi connectivity index (χ0v) is 18.6. The molecule has 162 valence electrons. The van der Waals surface area contributed by atoms with E-state index in [1.165, 1.54) is 0 Å². The summed E-state index contributed by atoms with van der Waals surface area (Å²) in [5, 5.41) is 4.42. The van der Waals surface area contributed by atoms with E-state index < -0.39 is 0 Å². The second kappa shape index (κ2) is 8.84. The van der Waals surface area contributed by atoms with Gasteiger partial charge in [-0.25, -0.2) is 4.98 Å². The average molecular weight is 420 g/mol. The molecule has 0 radical (unpaired) electrons. The standard InChI is InChI=1S/C25H29N3O3/c1-16-9-11-28(12-10-16)25(29)23-15-22(19-13-17(2)5-7-20(19)26-23)27-21-8-6-18(30-3)14-24(21)31-4/h5-8,13-16H,9-12H2,1-4H3,(H,26,27). The van der Waals surface area contributed by atoms with Gasteiger partial charge in [-0.15, -0.1) is 0 Å². The fourth-order valence-corrected chi connectivity index (χ4v) is 3.97. The molecule has 1 fully saturated rings. The number of pyridine rings is 1. The fraction of sp³-hybridized carbons (Fsp3) is 0.360. The number of aromatic nitrogens is 1. The van der Waals surface area contributed by atoms with E-state index in [0.717, 1.165) is 53.8 Å². The van der Waals surface area contributed by atoms with Gasteiger partial charge in [-0.3, -0.25) is 4.79 Å². The van der Waals surface area contributed by atoms with E-state index >= 15 is 0 Å². The summed E-state index contributed by atoms with van der Waals surface area (Å²) < 4.78 is 10.9. The molecule has 31 heavy (non-hydrogen) atoms. The highest BCUT2D eigenvalue weighted by Crippen LogP contribution is 2.34. The number of nitrogens with one attached hydrogen (secondary N) is 1. The minimum absolute atomic E-state index is 0.0147. The van der Waals surface area contributed by atoms with E-state index in [1.807, 2.05) is 48.2 Å². The molecule has 0 atom stereocenters. The minimum Gasteiger partial charge on any atom is -0.497 e. The van der Waals surface area contributed by atoms with Crippen molar-refractivity contribution in [2.75, 3.05) is 32.6 Å². The monoisotopic (exact) mass is 419 g/mol. The topological polar surface area (TPSA) is 63.7 Å². The van der Waals surface area contributed by atoms with Crippen molar-refractivity contribution >= 4 is 28.2 Å². The van der Waals surface area contributed by atoms with Gasteiger partial charge < -0.3 is 19.7 Å². The SMILES string of the molecule is COc1ccc(Nc2cc(C(=O)N3CCC(C)CC3)nc3ccc(C)cc23)c(OC)c1. The molecular weight excluding hydrogens is 390 g/mol. The number of methoxy groups -OCH3 is 2. The third kappa shape index (κ3) is 4.43. The smallest absolute Gasteiger partial charge is 0.272 e. The lowest BCUT2D eigenvalue weighted by Gasteiger charge is -2.30.